The first-order valence-corrected chi connectivity index (χ1v) is 4.81. The number of nitrogens with one attached hydrogen (secondary N) is 1. The SMILES string of the molecule is CNCCOCc1cccc([N+](=O)[O-])c1F. The normalized spacial score (nSPS) is 10.4. The molecule has 1 N–H and O–H groups in total. The van der Waals surface area contributed by atoms with Crippen LogP contribution in [-0.4, -0.2) is 25.1 Å². The Morgan fingerprint density at radius 3 is 2.94 bits per heavy atom. The zero-order chi connectivity index (χ0) is 12.0. The van der Waals surface area contributed by atoms with Crippen LogP contribution in [0.4, 0.5) is 10.1 Å². The second kappa shape index (κ2) is 6.14. The molecule has 1 rings (SSSR count). The van der Waals surface area contributed by atoms with Gasteiger partial charge in [0.25, 0.3) is 0 Å². The van der Waals surface area contributed by atoms with Crippen molar-refractivity contribution in [3.63, 3.8) is 0 Å². The van der Waals surface area contributed by atoms with Gasteiger partial charge in [-0.2, -0.15) is 4.39 Å². The van der Waals surface area contributed by atoms with Crippen molar-refractivity contribution >= 4 is 5.69 Å². The first kappa shape index (κ1) is 12.5. The third-order valence-corrected chi connectivity index (χ3v) is 2.01. The number of likely N-dealkylation sites (N-methyl/N-ethyl adjacent to an activating group) is 1. The second-order valence-electron chi connectivity index (χ2n) is 3.16. The number of rotatable bonds is 6. The molecule has 0 saturated carbocycles. The van der Waals surface area contributed by atoms with E-state index in [1.54, 1.807) is 7.05 Å². The highest BCUT2D eigenvalue weighted by molar-refractivity contribution is 5.36. The second-order valence-corrected chi connectivity index (χ2v) is 3.16. The minimum absolute atomic E-state index is 0.0369. The Bertz CT molecular complexity index is 371. The Balaban J connectivity index is 2.66. The minimum Gasteiger partial charge on any atom is -0.375 e. The molecule has 0 fully saturated rings. The van der Waals surface area contributed by atoms with Crippen molar-refractivity contribution in [2.75, 3.05) is 20.2 Å². The largest absolute Gasteiger partial charge is 0.375 e. The van der Waals surface area contributed by atoms with Gasteiger partial charge in [0.05, 0.1) is 18.1 Å². The van der Waals surface area contributed by atoms with E-state index in [1.807, 2.05) is 0 Å². The standard InChI is InChI=1S/C10H13FN2O3/c1-12-5-6-16-7-8-3-2-4-9(10(8)11)13(14)15/h2-4,12H,5-7H2,1H3. The van der Waals surface area contributed by atoms with E-state index >= 15 is 0 Å². The summed E-state index contributed by atoms with van der Waals surface area (Å²) in [5.41, 5.74) is -0.319. The van der Waals surface area contributed by atoms with Crippen LogP contribution in [0.2, 0.25) is 0 Å². The molecule has 1 aromatic rings. The van der Waals surface area contributed by atoms with E-state index in [2.05, 4.69) is 5.32 Å². The number of benzene rings is 1. The lowest BCUT2D eigenvalue weighted by atomic mass is 10.2. The fourth-order valence-corrected chi connectivity index (χ4v) is 1.18. The summed E-state index contributed by atoms with van der Waals surface area (Å²) in [4.78, 5) is 9.72. The molecule has 88 valence electrons. The number of hydrogen-bond donors (Lipinski definition) is 1. The molecule has 0 heterocycles. The van der Waals surface area contributed by atoms with Gasteiger partial charge in [-0.3, -0.25) is 10.1 Å². The average Bonchev–Trinajstić information content (AvgIpc) is 2.26. The zero-order valence-corrected chi connectivity index (χ0v) is 8.90. The summed E-state index contributed by atoms with van der Waals surface area (Å²) in [6, 6.07) is 4.05. The Labute approximate surface area is 92.4 Å². The topological polar surface area (TPSA) is 64.4 Å². The molecule has 0 aliphatic carbocycles. The molecule has 0 saturated heterocycles. The maximum absolute atomic E-state index is 13.5. The van der Waals surface area contributed by atoms with Gasteiger partial charge in [-0.05, 0) is 7.05 Å². The van der Waals surface area contributed by atoms with Gasteiger partial charge in [0.1, 0.15) is 0 Å². The van der Waals surface area contributed by atoms with Crippen LogP contribution in [0.15, 0.2) is 18.2 Å². The summed E-state index contributed by atoms with van der Waals surface area (Å²) in [5.74, 6) is -0.822. The van der Waals surface area contributed by atoms with E-state index in [9.17, 15) is 14.5 Å². The van der Waals surface area contributed by atoms with Gasteiger partial charge in [-0.15, -0.1) is 0 Å². The van der Waals surface area contributed by atoms with Crippen LogP contribution in [0.3, 0.4) is 0 Å². The molecule has 0 aromatic heterocycles. The van der Waals surface area contributed by atoms with Gasteiger partial charge in [-0.25, -0.2) is 0 Å². The Hall–Kier alpha value is -1.53. The van der Waals surface area contributed by atoms with Gasteiger partial charge in [-0.1, -0.05) is 12.1 Å². The molecular weight excluding hydrogens is 215 g/mol. The van der Waals surface area contributed by atoms with Crippen molar-refractivity contribution in [1.29, 1.82) is 0 Å². The lowest BCUT2D eigenvalue weighted by Crippen LogP contribution is -2.14. The average molecular weight is 228 g/mol. The monoisotopic (exact) mass is 228 g/mol. The van der Waals surface area contributed by atoms with Crippen molar-refractivity contribution < 1.29 is 14.1 Å². The fraction of sp³-hybridized carbons (Fsp3) is 0.400. The summed E-state index contributed by atoms with van der Waals surface area (Å²) >= 11 is 0. The summed E-state index contributed by atoms with van der Waals surface area (Å²) in [5, 5.41) is 13.3. The highest BCUT2D eigenvalue weighted by Gasteiger charge is 2.16. The highest BCUT2D eigenvalue weighted by Crippen LogP contribution is 2.20. The van der Waals surface area contributed by atoms with Crippen LogP contribution in [0.25, 0.3) is 0 Å². The number of nitro groups is 1. The van der Waals surface area contributed by atoms with Crippen molar-refractivity contribution in [3.05, 3.63) is 39.7 Å². The minimum atomic E-state index is -0.822. The molecule has 0 unspecified atom stereocenters. The lowest BCUT2D eigenvalue weighted by Gasteiger charge is -2.05. The van der Waals surface area contributed by atoms with Crippen LogP contribution < -0.4 is 5.32 Å². The third-order valence-electron chi connectivity index (χ3n) is 2.01. The Kier molecular flexibility index (Phi) is 4.81. The van der Waals surface area contributed by atoms with E-state index in [4.69, 9.17) is 4.74 Å². The predicted octanol–water partition coefficient (Wildman–Crippen LogP) is 1.47. The molecule has 5 nitrogen and oxygen atoms in total. The first-order chi connectivity index (χ1) is 7.66. The maximum Gasteiger partial charge on any atom is 0.305 e. The van der Waals surface area contributed by atoms with Gasteiger partial charge in [0, 0.05) is 18.2 Å². The smallest absolute Gasteiger partial charge is 0.305 e. The number of hydrogen-bond acceptors (Lipinski definition) is 4. The third kappa shape index (κ3) is 3.25. The number of nitro benzene ring substituents is 1. The molecule has 6 heteroatoms. The van der Waals surface area contributed by atoms with Gasteiger partial charge < -0.3 is 10.1 Å². The van der Waals surface area contributed by atoms with E-state index in [-0.39, 0.29) is 12.2 Å². The van der Waals surface area contributed by atoms with Gasteiger partial charge in [0.15, 0.2) is 0 Å². The molecule has 16 heavy (non-hydrogen) atoms. The summed E-state index contributed by atoms with van der Waals surface area (Å²) in [6.07, 6.45) is 0. The van der Waals surface area contributed by atoms with E-state index in [1.165, 1.54) is 12.1 Å². The van der Waals surface area contributed by atoms with Crippen LogP contribution in [0.1, 0.15) is 5.56 Å². The molecule has 0 atom stereocenters. The first-order valence-electron chi connectivity index (χ1n) is 4.81. The summed E-state index contributed by atoms with van der Waals surface area (Å²) < 4.78 is 18.6. The van der Waals surface area contributed by atoms with E-state index in [0.717, 1.165) is 6.07 Å². The summed E-state index contributed by atoms with van der Waals surface area (Å²) in [7, 11) is 1.78. The van der Waals surface area contributed by atoms with Gasteiger partial charge in [0.2, 0.25) is 5.82 Å². The Morgan fingerprint density at radius 1 is 1.56 bits per heavy atom. The molecule has 1 aromatic carbocycles. The molecule has 0 aliphatic heterocycles. The number of halogens is 1. The van der Waals surface area contributed by atoms with Crippen molar-refractivity contribution in [2.24, 2.45) is 0 Å². The van der Waals surface area contributed by atoms with Crippen molar-refractivity contribution in [3.8, 4) is 0 Å². The number of nitrogens with zero attached hydrogens (tertiary/aromatic N) is 1. The Morgan fingerprint density at radius 2 is 2.31 bits per heavy atom. The van der Waals surface area contributed by atoms with E-state index in [0.29, 0.717) is 13.2 Å². The van der Waals surface area contributed by atoms with Crippen molar-refractivity contribution in [1.82, 2.24) is 5.32 Å². The predicted molar refractivity (Wildman–Crippen MR) is 56.6 cm³/mol. The lowest BCUT2D eigenvalue weighted by molar-refractivity contribution is -0.387. The molecule has 0 amide bonds. The number of ether oxygens (including phenoxy) is 1. The zero-order valence-electron chi connectivity index (χ0n) is 8.90. The molecule has 0 radical (unpaired) electrons. The van der Waals surface area contributed by atoms with Crippen LogP contribution >= 0.6 is 0 Å². The van der Waals surface area contributed by atoms with Crippen LogP contribution in [0, 0.1) is 15.9 Å². The summed E-state index contributed by atoms with van der Waals surface area (Å²) in [6.45, 7) is 1.12. The highest BCUT2D eigenvalue weighted by atomic mass is 19.1. The van der Waals surface area contributed by atoms with E-state index < -0.39 is 16.4 Å². The molecule has 0 bridgehead atoms. The van der Waals surface area contributed by atoms with Crippen LogP contribution in [-0.2, 0) is 11.3 Å². The fourth-order valence-electron chi connectivity index (χ4n) is 1.18. The van der Waals surface area contributed by atoms with Crippen LogP contribution in [0.5, 0.6) is 0 Å². The quantitative estimate of drug-likeness (QED) is 0.455. The van der Waals surface area contributed by atoms with Crippen molar-refractivity contribution in [2.45, 2.75) is 6.61 Å². The maximum atomic E-state index is 13.5. The molecule has 0 spiro atoms. The molecule has 0 aliphatic rings. The molecular formula is C10H13FN2O3. The van der Waals surface area contributed by atoms with Gasteiger partial charge >= 0.3 is 5.69 Å².